The lowest BCUT2D eigenvalue weighted by atomic mass is 10.1. The van der Waals surface area contributed by atoms with Gasteiger partial charge in [-0.15, -0.1) is 11.6 Å². The van der Waals surface area contributed by atoms with Crippen LogP contribution in [0, 0.1) is 11.7 Å². The van der Waals surface area contributed by atoms with Gasteiger partial charge in [0.25, 0.3) is 5.91 Å². The molecule has 3 heterocycles. The molecule has 19 heteroatoms. The molecule has 0 aromatic heterocycles. The van der Waals surface area contributed by atoms with E-state index in [1.54, 1.807) is 39.0 Å². The number of hydrogen-bond donors (Lipinski definition) is 3. The summed E-state index contributed by atoms with van der Waals surface area (Å²) in [5.74, 6) is -4.53. The molecule has 2 saturated carbocycles. The Morgan fingerprint density at radius 2 is 1.84 bits per heavy atom. The standard InChI is InChI=1S/C36H46ClFN6O10S/c1-35(2,3)54-33(49)39-27-20-42(29(45)16-37)13-6-4-5-9-22-15-36(22,32(48)41-55(51,52)24-11-12-24)40-30(46)28-14-23(18-44(28)31(27)47)53-34(50)43-17-21-8-7-10-26(38)25(21)19-43/h5,7-10,22-24,27-28H,4,6,11-20H2,1-3H3,(H,39,49)(H,40,46)(H,41,48)/b9-5-/t22-,23?,27+,28+,36-/m1/s1. The van der Waals surface area contributed by atoms with E-state index in [0.717, 1.165) is 4.90 Å². The highest BCUT2D eigenvalue weighted by Crippen LogP contribution is 2.46. The van der Waals surface area contributed by atoms with E-state index >= 15 is 0 Å². The van der Waals surface area contributed by atoms with Crippen LogP contribution in [0.1, 0.15) is 70.4 Å². The van der Waals surface area contributed by atoms with Crippen LogP contribution in [0.4, 0.5) is 14.0 Å². The molecule has 5 atom stereocenters. The van der Waals surface area contributed by atoms with E-state index < -0.39 is 98.0 Å². The van der Waals surface area contributed by atoms with Gasteiger partial charge < -0.3 is 29.9 Å². The first-order valence-electron chi connectivity index (χ1n) is 18.3. The normalized spacial score (nSPS) is 27.7. The summed E-state index contributed by atoms with van der Waals surface area (Å²) in [7, 11) is -3.98. The van der Waals surface area contributed by atoms with Crippen molar-refractivity contribution in [2.75, 3.05) is 25.5 Å². The van der Waals surface area contributed by atoms with Crippen molar-refractivity contribution in [3.05, 3.63) is 47.3 Å². The van der Waals surface area contributed by atoms with Crippen molar-refractivity contribution in [2.24, 2.45) is 5.92 Å². The zero-order valence-electron chi connectivity index (χ0n) is 30.8. The number of allylic oxidation sites excluding steroid dienone is 1. The number of hydrogen-bond acceptors (Lipinski definition) is 10. The van der Waals surface area contributed by atoms with Gasteiger partial charge in [0.15, 0.2) is 0 Å². The van der Waals surface area contributed by atoms with Crippen molar-refractivity contribution in [1.82, 2.24) is 30.1 Å². The summed E-state index contributed by atoms with van der Waals surface area (Å²) in [6, 6.07) is 1.68. The Morgan fingerprint density at radius 3 is 2.51 bits per heavy atom. The lowest BCUT2D eigenvalue weighted by Gasteiger charge is -2.33. The van der Waals surface area contributed by atoms with Crippen LogP contribution in [-0.4, -0.2) is 119 Å². The highest BCUT2D eigenvalue weighted by Gasteiger charge is 2.62. The molecule has 2 aliphatic carbocycles. The van der Waals surface area contributed by atoms with Gasteiger partial charge in [0.05, 0.1) is 24.9 Å². The molecule has 1 aromatic carbocycles. The minimum atomic E-state index is -3.98. The first-order chi connectivity index (χ1) is 25.9. The highest BCUT2D eigenvalue weighted by molar-refractivity contribution is 7.91. The topological polar surface area (TPSA) is 201 Å². The van der Waals surface area contributed by atoms with Crippen molar-refractivity contribution in [2.45, 2.75) is 107 Å². The summed E-state index contributed by atoms with van der Waals surface area (Å²) in [6.07, 6.45) is 2.10. The van der Waals surface area contributed by atoms with Crippen molar-refractivity contribution < 1.29 is 51.0 Å². The molecule has 3 aliphatic heterocycles. The van der Waals surface area contributed by atoms with Gasteiger partial charge in [-0.25, -0.2) is 22.4 Å². The molecule has 3 fully saturated rings. The summed E-state index contributed by atoms with van der Waals surface area (Å²) >= 11 is 5.94. The predicted octanol–water partition coefficient (Wildman–Crippen LogP) is 2.04. The fraction of sp³-hybridized carbons (Fsp3) is 0.611. The second kappa shape index (κ2) is 15.6. The number of fused-ring (bicyclic) bond motifs is 3. The number of halogens is 2. The van der Waals surface area contributed by atoms with Gasteiger partial charge in [-0.05, 0) is 64.5 Å². The third kappa shape index (κ3) is 9.17. The van der Waals surface area contributed by atoms with E-state index in [1.165, 1.54) is 21.9 Å². The molecule has 0 radical (unpaired) electrons. The largest absolute Gasteiger partial charge is 0.444 e. The van der Waals surface area contributed by atoms with E-state index in [1.807, 2.05) is 0 Å². The van der Waals surface area contributed by atoms with E-state index in [0.29, 0.717) is 36.8 Å². The molecule has 6 amide bonds. The Morgan fingerprint density at radius 1 is 1.09 bits per heavy atom. The monoisotopic (exact) mass is 808 g/mol. The van der Waals surface area contributed by atoms with Gasteiger partial charge in [0.1, 0.15) is 41.0 Å². The van der Waals surface area contributed by atoms with Crippen LogP contribution in [0.15, 0.2) is 30.4 Å². The number of carbonyl (C=O) groups is 6. The molecular weight excluding hydrogens is 763 g/mol. The first kappa shape index (κ1) is 40.2. The maximum atomic E-state index is 14.6. The Labute approximate surface area is 323 Å². The smallest absolute Gasteiger partial charge is 0.410 e. The lowest BCUT2D eigenvalue weighted by Crippen LogP contribution is -2.60. The van der Waals surface area contributed by atoms with Crippen LogP contribution in [0.25, 0.3) is 0 Å². The van der Waals surface area contributed by atoms with E-state index in [4.69, 9.17) is 21.1 Å². The minimum Gasteiger partial charge on any atom is -0.444 e. The Hall–Kier alpha value is -4.45. The quantitative estimate of drug-likeness (QED) is 0.282. The average molecular weight is 809 g/mol. The number of alkyl carbamates (subject to hydrolysis) is 1. The van der Waals surface area contributed by atoms with Crippen molar-refractivity contribution in [1.29, 1.82) is 0 Å². The molecule has 6 rings (SSSR count). The minimum absolute atomic E-state index is 0.0528. The number of carbonyl (C=O) groups excluding carboxylic acids is 6. The second-order valence-corrected chi connectivity index (χ2v) is 17.9. The fourth-order valence-electron chi connectivity index (χ4n) is 7.19. The van der Waals surface area contributed by atoms with Crippen LogP contribution < -0.4 is 15.4 Å². The van der Waals surface area contributed by atoms with Crippen LogP contribution in [-0.2, 0) is 51.8 Å². The van der Waals surface area contributed by atoms with Gasteiger partial charge in [0.2, 0.25) is 27.7 Å². The second-order valence-electron chi connectivity index (χ2n) is 15.7. The molecule has 300 valence electrons. The Balaban J connectivity index is 1.31. The maximum absolute atomic E-state index is 14.6. The third-order valence-corrected chi connectivity index (χ3v) is 12.3. The Kier molecular flexibility index (Phi) is 11.4. The fourth-order valence-corrected chi connectivity index (χ4v) is 8.72. The number of nitrogens with one attached hydrogen (secondary N) is 3. The van der Waals surface area contributed by atoms with Gasteiger partial charge >= 0.3 is 12.2 Å². The van der Waals surface area contributed by atoms with Crippen molar-refractivity contribution in [3.8, 4) is 0 Å². The highest BCUT2D eigenvalue weighted by atomic mass is 35.5. The Bertz CT molecular complexity index is 1890. The molecule has 1 unspecified atom stereocenters. The molecule has 3 N–H and O–H groups in total. The summed E-state index contributed by atoms with van der Waals surface area (Å²) in [6.45, 7) is 4.37. The molecule has 0 spiro atoms. The number of nitrogens with zero attached hydrogens (tertiary/aromatic N) is 3. The average Bonchev–Trinajstić information content (AvgIpc) is 3.99. The zero-order chi connectivity index (χ0) is 39.9. The number of ether oxygens (including phenoxy) is 2. The lowest BCUT2D eigenvalue weighted by molar-refractivity contribution is -0.142. The van der Waals surface area contributed by atoms with Gasteiger partial charge in [-0.2, -0.15) is 0 Å². The summed E-state index contributed by atoms with van der Waals surface area (Å²) in [4.78, 5) is 85.8. The molecular formula is C36H46ClFN6O10S. The first-order valence-corrected chi connectivity index (χ1v) is 20.4. The molecule has 5 aliphatic rings. The molecule has 16 nitrogen and oxygen atoms in total. The number of amides is 6. The van der Waals surface area contributed by atoms with Crippen LogP contribution in [0.5, 0.6) is 0 Å². The van der Waals surface area contributed by atoms with E-state index in [9.17, 15) is 41.6 Å². The van der Waals surface area contributed by atoms with Crippen molar-refractivity contribution >= 4 is 57.4 Å². The third-order valence-electron chi connectivity index (χ3n) is 10.3. The number of alkyl halides is 1. The zero-order valence-corrected chi connectivity index (χ0v) is 32.4. The maximum Gasteiger partial charge on any atom is 0.410 e. The molecule has 1 saturated heterocycles. The number of sulfonamides is 1. The molecule has 1 aromatic rings. The summed E-state index contributed by atoms with van der Waals surface area (Å²) in [5.41, 5.74) is -1.65. The molecule has 55 heavy (non-hydrogen) atoms. The predicted molar refractivity (Wildman–Crippen MR) is 194 cm³/mol. The van der Waals surface area contributed by atoms with Gasteiger partial charge in [0, 0.05) is 31.0 Å². The van der Waals surface area contributed by atoms with Crippen LogP contribution >= 0.6 is 11.6 Å². The van der Waals surface area contributed by atoms with E-state index in [2.05, 4.69) is 15.4 Å². The van der Waals surface area contributed by atoms with Crippen LogP contribution in [0.2, 0.25) is 0 Å². The SMILES string of the molecule is CC(C)(C)OC(=O)N[C@H]1CN(C(=O)CCl)CCC/C=C\[C@@H]2C[C@@]2(C(=O)NS(=O)(=O)C2CC2)NC(=O)[C@@H]2CC(OC(=O)N3Cc4cccc(F)c4C3)CN2C1=O. The summed E-state index contributed by atoms with van der Waals surface area (Å²) < 4.78 is 53.4. The van der Waals surface area contributed by atoms with Gasteiger partial charge in [-0.3, -0.25) is 28.8 Å². The van der Waals surface area contributed by atoms with E-state index in [-0.39, 0.29) is 45.6 Å². The van der Waals surface area contributed by atoms with Crippen molar-refractivity contribution in [3.63, 3.8) is 0 Å². The summed E-state index contributed by atoms with van der Waals surface area (Å²) in [5, 5.41) is 4.57. The van der Waals surface area contributed by atoms with Crippen LogP contribution in [0.3, 0.4) is 0 Å². The molecule has 0 bridgehead atoms. The number of benzene rings is 1. The van der Waals surface area contributed by atoms with Gasteiger partial charge in [-0.1, -0.05) is 24.3 Å². The number of rotatable bonds is 6.